The second kappa shape index (κ2) is 6.51. The van der Waals surface area contributed by atoms with Crippen LogP contribution in [-0.4, -0.2) is 29.9 Å². The minimum atomic E-state index is -0.122. The van der Waals surface area contributed by atoms with Crippen LogP contribution < -0.4 is 0 Å². The number of ether oxygens (including phenoxy) is 1. The van der Waals surface area contributed by atoms with Crippen molar-refractivity contribution in [3.05, 3.63) is 34.9 Å². The number of hydrogen-bond acceptors (Lipinski definition) is 3. The molecule has 0 spiro atoms. The molecule has 0 saturated carbocycles. The molecular weight excluding hydrogens is 278 g/mol. The molecule has 1 amide bonds. The maximum absolute atomic E-state index is 12.2. The molecule has 0 radical (unpaired) electrons. The SMILES string of the molecule is CC(=O)N1CCC(C(=O)OCc2ccc3c(c2)CCC3)CC1. The summed E-state index contributed by atoms with van der Waals surface area (Å²) in [4.78, 5) is 25.2. The predicted molar refractivity (Wildman–Crippen MR) is 83.2 cm³/mol. The van der Waals surface area contributed by atoms with Crippen molar-refractivity contribution in [3.63, 3.8) is 0 Å². The van der Waals surface area contributed by atoms with Gasteiger partial charge in [-0.3, -0.25) is 9.59 Å². The zero-order valence-corrected chi connectivity index (χ0v) is 13.1. The van der Waals surface area contributed by atoms with Crippen LogP contribution in [0.2, 0.25) is 0 Å². The van der Waals surface area contributed by atoms with Crippen molar-refractivity contribution in [3.8, 4) is 0 Å². The molecule has 1 fully saturated rings. The van der Waals surface area contributed by atoms with Crippen molar-refractivity contribution in [1.82, 2.24) is 4.90 Å². The highest BCUT2D eigenvalue weighted by Crippen LogP contribution is 2.24. The monoisotopic (exact) mass is 301 g/mol. The lowest BCUT2D eigenvalue weighted by molar-refractivity contribution is -0.152. The van der Waals surface area contributed by atoms with Crippen LogP contribution in [0.4, 0.5) is 0 Å². The molecule has 3 rings (SSSR count). The van der Waals surface area contributed by atoms with E-state index < -0.39 is 0 Å². The van der Waals surface area contributed by atoms with Crippen molar-refractivity contribution in [1.29, 1.82) is 0 Å². The van der Waals surface area contributed by atoms with Crippen LogP contribution in [0.5, 0.6) is 0 Å². The van der Waals surface area contributed by atoms with Crippen LogP contribution in [0.25, 0.3) is 0 Å². The van der Waals surface area contributed by atoms with E-state index in [4.69, 9.17) is 4.74 Å². The lowest BCUT2D eigenvalue weighted by Crippen LogP contribution is -2.39. The van der Waals surface area contributed by atoms with E-state index in [1.165, 1.54) is 24.0 Å². The molecule has 1 aliphatic carbocycles. The summed E-state index contributed by atoms with van der Waals surface area (Å²) < 4.78 is 5.48. The number of carbonyl (C=O) groups is 2. The second-order valence-electron chi connectivity index (χ2n) is 6.34. The summed E-state index contributed by atoms with van der Waals surface area (Å²) >= 11 is 0. The van der Waals surface area contributed by atoms with E-state index in [1.54, 1.807) is 11.8 Å². The zero-order chi connectivity index (χ0) is 15.5. The van der Waals surface area contributed by atoms with Gasteiger partial charge in [0.2, 0.25) is 5.91 Å². The third-order valence-corrected chi connectivity index (χ3v) is 4.82. The van der Waals surface area contributed by atoms with E-state index in [0.717, 1.165) is 12.0 Å². The Morgan fingerprint density at radius 1 is 1.18 bits per heavy atom. The summed E-state index contributed by atoms with van der Waals surface area (Å²) in [6, 6.07) is 6.40. The first-order valence-corrected chi connectivity index (χ1v) is 8.16. The number of benzene rings is 1. The minimum absolute atomic E-state index is 0.0648. The molecular formula is C18H23NO3. The summed E-state index contributed by atoms with van der Waals surface area (Å²) in [5.74, 6) is -0.0984. The van der Waals surface area contributed by atoms with Crippen molar-refractivity contribution < 1.29 is 14.3 Å². The summed E-state index contributed by atoms with van der Waals surface area (Å²) in [5.41, 5.74) is 3.92. The number of likely N-dealkylation sites (tertiary alicyclic amines) is 1. The van der Waals surface area contributed by atoms with Gasteiger partial charge in [0.25, 0.3) is 0 Å². The standard InChI is InChI=1S/C18H23NO3/c1-13(20)19-9-7-16(8-10-19)18(21)22-12-14-5-6-15-3-2-4-17(15)11-14/h5-6,11,16H,2-4,7-10,12H2,1H3. The molecule has 0 aromatic heterocycles. The van der Waals surface area contributed by atoms with Crippen molar-refractivity contribution in [2.24, 2.45) is 5.92 Å². The van der Waals surface area contributed by atoms with E-state index in [9.17, 15) is 9.59 Å². The maximum Gasteiger partial charge on any atom is 0.309 e. The highest BCUT2D eigenvalue weighted by molar-refractivity contribution is 5.75. The van der Waals surface area contributed by atoms with Gasteiger partial charge in [-0.2, -0.15) is 0 Å². The fourth-order valence-corrected chi connectivity index (χ4v) is 3.42. The molecule has 1 heterocycles. The first-order valence-electron chi connectivity index (χ1n) is 8.16. The topological polar surface area (TPSA) is 46.6 Å². The molecule has 0 bridgehead atoms. The van der Waals surface area contributed by atoms with Crippen LogP contribution >= 0.6 is 0 Å². The fraction of sp³-hybridized carbons (Fsp3) is 0.556. The van der Waals surface area contributed by atoms with E-state index in [2.05, 4.69) is 18.2 Å². The smallest absolute Gasteiger partial charge is 0.309 e. The van der Waals surface area contributed by atoms with Gasteiger partial charge in [-0.1, -0.05) is 18.2 Å². The number of hydrogen-bond donors (Lipinski definition) is 0. The first-order chi connectivity index (χ1) is 10.6. The van der Waals surface area contributed by atoms with Gasteiger partial charge in [-0.05, 0) is 48.8 Å². The van der Waals surface area contributed by atoms with Crippen molar-refractivity contribution >= 4 is 11.9 Å². The Morgan fingerprint density at radius 2 is 1.91 bits per heavy atom. The van der Waals surface area contributed by atoms with Crippen LogP contribution in [0, 0.1) is 5.92 Å². The summed E-state index contributed by atoms with van der Waals surface area (Å²) in [6.45, 7) is 3.26. The van der Waals surface area contributed by atoms with Gasteiger partial charge < -0.3 is 9.64 Å². The lowest BCUT2D eigenvalue weighted by Gasteiger charge is -2.30. The van der Waals surface area contributed by atoms with Gasteiger partial charge >= 0.3 is 5.97 Å². The van der Waals surface area contributed by atoms with Crippen LogP contribution in [-0.2, 0) is 33.8 Å². The Kier molecular flexibility index (Phi) is 4.46. The van der Waals surface area contributed by atoms with Crippen LogP contribution in [0.15, 0.2) is 18.2 Å². The molecule has 1 aromatic rings. The molecule has 118 valence electrons. The van der Waals surface area contributed by atoms with Gasteiger partial charge in [0.05, 0.1) is 5.92 Å². The Bertz CT molecular complexity index is 574. The molecule has 1 aromatic carbocycles. The zero-order valence-electron chi connectivity index (χ0n) is 13.1. The Morgan fingerprint density at radius 3 is 2.64 bits per heavy atom. The average molecular weight is 301 g/mol. The number of aryl methyl sites for hydroxylation is 2. The highest BCUT2D eigenvalue weighted by atomic mass is 16.5. The molecule has 0 N–H and O–H groups in total. The minimum Gasteiger partial charge on any atom is -0.461 e. The molecule has 0 atom stereocenters. The van der Waals surface area contributed by atoms with Crippen LogP contribution in [0.3, 0.4) is 0 Å². The number of piperidine rings is 1. The third kappa shape index (κ3) is 3.32. The number of amides is 1. The summed E-state index contributed by atoms with van der Waals surface area (Å²) in [5, 5.41) is 0. The Balaban J connectivity index is 1.49. The molecule has 1 aliphatic heterocycles. The number of fused-ring (bicyclic) bond motifs is 1. The number of esters is 1. The molecule has 4 heteroatoms. The maximum atomic E-state index is 12.2. The Labute approximate surface area is 131 Å². The van der Waals surface area contributed by atoms with E-state index >= 15 is 0 Å². The van der Waals surface area contributed by atoms with E-state index in [0.29, 0.717) is 32.5 Å². The largest absolute Gasteiger partial charge is 0.461 e. The van der Waals surface area contributed by atoms with Crippen molar-refractivity contribution in [2.75, 3.05) is 13.1 Å². The molecule has 0 unspecified atom stereocenters. The van der Waals surface area contributed by atoms with Gasteiger partial charge in [0.15, 0.2) is 0 Å². The van der Waals surface area contributed by atoms with Gasteiger partial charge in [-0.15, -0.1) is 0 Å². The fourth-order valence-electron chi connectivity index (χ4n) is 3.42. The molecule has 22 heavy (non-hydrogen) atoms. The highest BCUT2D eigenvalue weighted by Gasteiger charge is 2.27. The normalized spacial score (nSPS) is 18.1. The van der Waals surface area contributed by atoms with Crippen molar-refractivity contribution in [2.45, 2.75) is 45.6 Å². The molecule has 1 saturated heterocycles. The van der Waals surface area contributed by atoms with Gasteiger partial charge in [0.1, 0.15) is 6.61 Å². The van der Waals surface area contributed by atoms with Crippen LogP contribution in [0.1, 0.15) is 42.9 Å². The summed E-state index contributed by atoms with van der Waals surface area (Å²) in [6.07, 6.45) is 4.96. The Hall–Kier alpha value is -1.84. The van der Waals surface area contributed by atoms with Gasteiger partial charge in [0, 0.05) is 20.0 Å². The van der Waals surface area contributed by atoms with E-state index in [-0.39, 0.29) is 17.8 Å². The summed E-state index contributed by atoms with van der Waals surface area (Å²) in [7, 11) is 0. The second-order valence-corrected chi connectivity index (χ2v) is 6.34. The van der Waals surface area contributed by atoms with Gasteiger partial charge in [-0.25, -0.2) is 0 Å². The molecule has 2 aliphatic rings. The number of rotatable bonds is 3. The quantitative estimate of drug-likeness (QED) is 0.806. The molecule has 4 nitrogen and oxygen atoms in total. The average Bonchev–Trinajstić information content (AvgIpc) is 3.00. The van der Waals surface area contributed by atoms with E-state index in [1.807, 2.05) is 0 Å². The first kappa shape index (κ1) is 15.1. The number of nitrogens with zero attached hydrogens (tertiary/aromatic N) is 1. The predicted octanol–water partition coefficient (Wildman–Crippen LogP) is 2.48. The lowest BCUT2D eigenvalue weighted by atomic mass is 9.97. The third-order valence-electron chi connectivity index (χ3n) is 4.82. The number of carbonyl (C=O) groups excluding carboxylic acids is 2.